The Labute approximate surface area is 129 Å². The van der Waals surface area contributed by atoms with Crippen LogP contribution >= 0.6 is 15.9 Å². The van der Waals surface area contributed by atoms with Crippen molar-refractivity contribution in [3.63, 3.8) is 0 Å². The van der Waals surface area contributed by atoms with E-state index in [0.29, 0.717) is 5.88 Å². The van der Waals surface area contributed by atoms with E-state index in [4.69, 9.17) is 4.74 Å². The summed E-state index contributed by atoms with van der Waals surface area (Å²) in [6.45, 7) is 8.71. The first-order valence-corrected chi connectivity index (χ1v) is 7.62. The lowest BCUT2D eigenvalue weighted by Crippen LogP contribution is -2.14. The van der Waals surface area contributed by atoms with E-state index in [1.54, 1.807) is 6.20 Å². The minimum atomic E-state index is 0.196. The molecule has 3 heteroatoms. The van der Waals surface area contributed by atoms with Gasteiger partial charge in [0.05, 0.1) is 4.47 Å². The van der Waals surface area contributed by atoms with Crippen LogP contribution in [0, 0.1) is 6.92 Å². The normalized spacial score (nSPS) is 11.4. The first-order chi connectivity index (χ1) is 9.42. The maximum atomic E-state index is 5.81. The average Bonchev–Trinajstić information content (AvgIpc) is 2.42. The van der Waals surface area contributed by atoms with Crippen molar-refractivity contribution in [2.75, 3.05) is 0 Å². The number of aromatic nitrogens is 1. The van der Waals surface area contributed by atoms with Gasteiger partial charge in [0.1, 0.15) is 5.75 Å². The van der Waals surface area contributed by atoms with E-state index in [1.807, 2.05) is 25.1 Å². The van der Waals surface area contributed by atoms with Gasteiger partial charge in [0.15, 0.2) is 0 Å². The van der Waals surface area contributed by atoms with Gasteiger partial charge in [0.25, 0.3) is 0 Å². The molecule has 0 spiro atoms. The lowest BCUT2D eigenvalue weighted by Gasteiger charge is -2.23. The summed E-state index contributed by atoms with van der Waals surface area (Å²) in [5, 5.41) is 0. The zero-order valence-electron chi connectivity index (χ0n) is 12.4. The van der Waals surface area contributed by atoms with Gasteiger partial charge >= 0.3 is 0 Å². The lowest BCUT2D eigenvalue weighted by molar-refractivity contribution is 0.457. The maximum Gasteiger partial charge on any atom is 0.233 e. The third-order valence-electron chi connectivity index (χ3n) is 3.68. The van der Waals surface area contributed by atoms with Crippen LogP contribution in [0.3, 0.4) is 0 Å². The molecule has 0 fully saturated rings. The molecule has 0 saturated carbocycles. The molecule has 106 valence electrons. The number of nitrogens with zero attached hydrogens (tertiary/aromatic N) is 1. The minimum Gasteiger partial charge on any atom is -0.438 e. The fourth-order valence-electron chi connectivity index (χ4n) is 1.89. The standard InChI is InChI=1S/C17H20BrNO/c1-5-17(3,4)13-6-8-14(9-7-13)20-16-15(18)10-12(2)11-19-16/h6-11H,5H2,1-4H3. The van der Waals surface area contributed by atoms with Crippen molar-refractivity contribution < 1.29 is 4.74 Å². The number of benzene rings is 1. The molecule has 0 saturated heterocycles. The summed E-state index contributed by atoms with van der Waals surface area (Å²) >= 11 is 3.47. The number of aryl methyl sites for hydroxylation is 1. The number of halogens is 1. The highest BCUT2D eigenvalue weighted by molar-refractivity contribution is 9.10. The second-order valence-corrected chi connectivity index (χ2v) is 6.52. The number of rotatable bonds is 4. The fraction of sp³-hybridized carbons (Fsp3) is 0.353. The summed E-state index contributed by atoms with van der Waals surface area (Å²) in [5.74, 6) is 1.40. The van der Waals surface area contributed by atoms with E-state index >= 15 is 0 Å². The Morgan fingerprint density at radius 3 is 2.40 bits per heavy atom. The van der Waals surface area contributed by atoms with Gasteiger partial charge in [-0.2, -0.15) is 0 Å². The molecule has 1 heterocycles. The zero-order chi connectivity index (χ0) is 14.8. The monoisotopic (exact) mass is 333 g/mol. The molecule has 2 aromatic rings. The second-order valence-electron chi connectivity index (χ2n) is 5.66. The summed E-state index contributed by atoms with van der Waals surface area (Å²) < 4.78 is 6.68. The topological polar surface area (TPSA) is 22.1 Å². The van der Waals surface area contributed by atoms with Crippen molar-refractivity contribution in [3.8, 4) is 11.6 Å². The van der Waals surface area contributed by atoms with Crippen LogP contribution < -0.4 is 4.74 Å². The number of hydrogen-bond acceptors (Lipinski definition) is 2. The van der Waals surface area contributed by atoms with Crippen molar-refractivity contribution in [2.45, 2.75) is 39.5 Å². The first kappa shape index (κ1) is 15.0. The number of pyridine rings is 1. The summed E-state index contributed by atoms with van der Waals surface area (Å²) in [4.78, 5) is 4.29. The van der Waals surface area contributed by atoms with E-state index in [1.165, 1.54) is 5.56 Å². The molecule has 2 rings (SSSR count). The van der Waals surface area contributed by atoms with E-state index in [0.717, 1.165) is 22.2 Å². The van der Waals surface area contributed by atoms with Crippen LogP contribution in [0.15, 0.2) is 41.0 Å². The van der Waals surface area contributed by atoms with Crippen LogP contribution in [-0.4, -0.2) is 4.98 Å². The quantitative estimate of drug-likeness (QED) is 0.723. The molecule has 0 amide bonds. The smallest absolute Gasteiger partial charge is 0.233 e. The summed E-state index contributed by atoms with van der Waals surface area (Å²) in [5.41, 5.74) is 2.62. The van der Waals surface area contributed by atoms with Crippen LogP contribution in [0.5, 0.6) is 11.6 Å². The molecule has 0 aliphatic heterocycles. The molecular formula is C17H20BrNO. The Bertz CT molecular complexity index is 590. The molecule has 20 heavy (non-hydrogen) atoms. The molecule has 0 atom stereocenters. The largest absolute Gasteiger partial charge is 0.438 e. The third-order valence-corrected chi connectivity index (χ3v) is 4.25. The van der Waals surface area contributed by atoms with Gasteiger partial charge in [0, 0.05) is 6.20 Å². The van der Waals surface area contributed by atoms with Gasteiger partial charge in [-0.3, -0.25) is 0 Å². The molecule has 0 bridgehead atoms. The lowest BCUT2D eigenvalue weighted by atomic mass is 9.82. The van der Waals surface area contributed by atoms with Gasteiger partial charge < -0.3 is 4.74 Å². The highest BCUT2D eigenvalue weighted by Gasteiger charge is 2.17. The van der Waals surface area contributed by atoms with E-state index in [9.17, 15) is 0 Å². The highest BCUT2D eigenvalue weighted by Crippen LogP contribution is 2.31. The summed E-state index contributed by atoms with van der Waals surface area (Å²) in [7, 11) is 0. The van der Waals surface area contributed by atoms with E-state index < -0.39 is 0 Å². The highest BCUT2D eigenvalue weighted by atomic mass is 79.9. The minimum absolute atomic E-state index is 0.196. The fourth-order valence-corrected chi connectivity index (χ4v) is 2.43. The number of ether oxygens (including phenoxy) is 1. The molecule has 0 aliphatic rings. The van der Waals surface area contributed by atoms with Crippen LogP contribution in [0.4, 0.5) is 0 Å². The maximum absolute atomic E-state index is 5.81. The van der Waals surface area contributed by atoms with Crippen molar-refractivity contribution >= 4 is 15.9 Å². The molecule has 0 unspecified atom stereocenters. The Morgan fingerprint density at radius 2 is 1.85 bits per heavy atom. The van der Waals surface area contributed by atoms with Crippen LogP contribution in [0.2, 0.25) is 0 Å². The molecule has 1 aromatic carbocycles. The van der Waals surface area contributed by atoms with Gasteiger partial charge in [0.2, 0.25) is 5.88 Å². The Kier molecular flexibility index (Phi) is 4.48. The second kappa shape index (κ2) is 5.96. The first-order valence-electron chi connectivity index (χ1n) is 6.83. The van der Waals surface area contributed by atoms with Crippen molar-refractivity contribution in [1.29, 1.82) is 0 Å². The van der Waals surface area contributed by atoms with Crippen molar-refractivity contribution in [1.82, 2.24) is 4.98 Å². The summed E-state index contributed by atoms with van der Waals surface area (Å²) in [6, 6.07) is 10.3. The molecule has 2 nitrogen and oxygen atoms in total. The molecule has 0 aliphatic carbocycles. The predicted molar refractivity (Wildman–Crippen MR) is 86.5 cm³/mol. The molecule has 0 radical (unpaired) electrons. The zero-order valence-corrected chi connectivity index (χ0v) is 14.0. The van der Waals surface area contributed by atoms with Gasteiger partial charge in [-0.25, -0.2) is 4.98 Å². The molecule has 1 aromatic heterocycles. The summed E-state index contributed by atoms with van der Waals surface area (Å²) in [6.07, 6.45) is 2.91. The van der Waals surface area contributed by atoms with Gasteiger partial charge in [-0.1, -0.05) is 32.9 Å². The predicted octanol–water partition coefficient (Wildman–Crippen LogP) is 5.63. The van der Waals surface area contributed by atoms with Crippen LogP contribution in [0.1, 0.15) is 38.3 Å². The molecular weight excluding hydrogens is 314 g/mol. The van der Waals surface area contributed by atoms with Crippen molar-refractivity contribution in [2.24, 2.45) is 0 Å². The van der Waals surface area contributed by atoms with Gasteiger partial charge in [-0.15, -0.1) is 0 Å². The SMILES string of the molecule is CCC(C)(C)c1ccc(Oc2ncc(C)cc2Br)cc1. The Balaban J connectivity index is 2.19. The van der Waals surface area contributed by atoms with E-state index in [-0.39, 0.29) is 5.41 Å². The number of hydrogen-bond donors (Lipinski definition) is 0. The third kappa shape index (κ3) is 3.40. The Hall–Kier alpha value is -1.35. The Morgan fingerprint density at radius 1 is 1.20 bits per heavy atom. The van der Waals surface area contributed by atoms with Crippen molar-refractivity contribution in [3.05, 3.63) is 52.1 Å². The molecule has 0 N–H and O–H groups in total. The van der Waals surface area contributed by atoms with Crippen LogP contribution in [0.25, 0.3) is 0 Å². The van der Waals surface area contributed by atoms with Gasteiger partial charge in [-0.05, 0) is 64.0 Å². The van der Waals surface area contributed by atoms with E-state index in [2.05, 4.69) is 53.8 Å². The average molecular weight is 334 g/mol. The van der Waals surface area contributed by atoms with Crippen LogP contribution in [-0.2, 0) is 5.41 Å².